The van der Waals surface area contributed by atoms with Crippen LogP contribution in [-0.4, -0.2) is 35.6 Å². The standard InChI is InChI=1S/C29H24BrN3O5S/c1-17-5-4-6-18(2)26(17)32-25(34)15-33-28(35)24(39-29(33)36)13-21-11-22(30)27(23(12-21)37-3)38-16-20-9-7-19(14-31)8-10-20/h4-13H,15-16H2,1-3H3,(H,32,34)/b24-13+. The minimum atomic E-state index is -0.544. The summed E-state index contributed by atoms with van der Waals surface area (Å²) in [5.41, 5.74) is 4.50. The molecule has 8 nitrogen and oxygen atoms in total. The zero-order valence-electron chi connectivity index (χ0n) is 21.4. The lowest BCUT2D eigenvalue weighted by Crippen LogP contribution is -2.36. The summed E-state index contributed by atoms with van der Waals surface area (Å²) in [6, 6.07) is 18.2. The maximum absolute atomic E-state index is 13.0. The quantitative estimate of drug-likeness (QED) is 0.304. The number of hydrogen-bond donors (Lipinski definition) is 1. The van der Waals surface area contributed by atoms with Gasteiger partial charge in [0.15, 0.2) is 11.5 Å². The molecule has 0 aliphatic carbocycles. The van der Waals surface area contributed by atoms with Crippen LogP contribution in [0.25, 0.3) is 6.08 Å². The van der Waals surface area contributed by atoms with E-state index in [9.17, 15) is 14.4 Å². The summed E-state index contributed by atoms with van der Waals surface area (Å²) in [5.74, 6) is -0.103. The molecule has 3 aromatic carbocycles. The molecule has 0 aromatic heterocycles. The van der Waals surface area contributed by atoms with Gasteiger partial charge in [-0.3, -0.25) is 19.3 Å². The number of halogens is 1. The number of amides is 3. The summed E-state index contributed by atoms with van der Waals surface area (Å²) in [5, 5.41) is 11.2. The average Bonchev–Trinajstić information content (AvgIpc) is 3.17. The molecule has 10 heteroatoms. The topological polar surface area (TPSA) is 109 Å². The van der Waals surface area contributed by atoms with Crippen LogP contribution >= 0.6 is 27.7 Å². The molecule has 3 amide bonds. The number of nitriles is 1. The Hall–Kier alpha value is -4.07. The number of para-hydroxylation sites is 1. The maximum Gasteiger partial charge on any atom is 0.294 e. The van der Waals surface area contributed by atoms with Crippen LogP contribution in [0.5, 0.6) is 11.5 Å². The van der Waals surface area contributed by atoms with Crippen molar-refractivity contribution in [3.63, 3.8) is 0 Å². The predicted octanol–water partition coefficient (Wildman–Crippen LogP) is 6.20. The first-order valence-corrected chi connectivity index (χ1v) is 13.4. The van der Waals surface area contributed by atoms with Gasteiger partial charge >= 0.3 is 0 Å². The summed E-state index contributed by atoms with van der Waals surface area (Å²) in [7, 11) is 1.50. The Morgan fingerprint density at radius 3 is 2.46 bits per heavy atom. The molecule has 0 atom stereocenters. The van der Waals surface area contributed by atoms with Gasteiger partial charge in [0.2, 0.25) is 5.91 Å². The fourth-order valence-electron chi connectivity index (χ4n) is 3.92. The van der Waals surface area contributed by atoms with Gasteiger partial charge in [0.25, 0.3) is 11.1 Å². The molecule has 4 rings (SSSR count). The van der Waals surface area contributed by atoms with Crippen LogP contribution in [-0.2, 0) is 16.2 Å². The zero-order chi connectivity index (χ0) is 28.1. The van der Waals surface area contributed by atoms with Gasteiger partial charge in [-0.15, -0.1) is 0 Å². The molecule has 0 unspecified atom stereocenters. The van der Waals surface area contributed by atoms with E-state index < -0.39 is 17.1 Å². The summed E-state index contributed by atoms with van der Waals surface area (Å²) in [4.78, 5) is 39.4. The third-order valence-electron chi connectivity index (χ3n) is 5.94. The van der Waals surface area contributed by atoms with Gasteiger partial charge in [-0.05, 0) is 94.1 Å². The van der Waals surface area contributed by atoms with E-state index in [0.717, 1.165) is 33.4 Å². The Kier molecular flexibility index (Phi) is 8.74. The van der Waals surface area contributed by atoms with Crippen molar-refractivity contribution in [1.29, 1.82) is 5.26 Å². The molecule has 1 saturated heterocycles. The van der Waals surface area contributed by atoms with Crippen molar-refractivity contribution in [2.45, 2.75) is 20.5 Å². The molecule has 1 aliphatic heterocycles. The highest BCUT2D eigenvalue weighted by Gasteiger charge is 2.36. The fraction of sp³-hybridized carbons (Fsp3) is 0.172. The molecule has 39 heavy (non-hydrogen) atoms. The number of aryl methyl sites for hydroxylation is 2. The molecule has 198 valence electrons. The van der Waals surface area contributed by atoms with Crippen LogP contribution in [0.15, 0.2) is 64.0 Å². The molecule has 0 spiro atoms. The van der Waals surface area contributed by atoms with E-state index in [-0.39, 0.29) is 18.1 Å². The number of nitrogens with one attached hydrogen (secondary N) is 1. The number of methoxy groups -OCH3 is 1. The Morgan fingerprint density at radius 2 is 1.82 bits per heavy atom. The number of benzene rings is 3. The Balaban J connectivity index is 1.47. The van der Waals surface area contributed by atoms with Gasteiger partial charge in [0, 0.05) is 5.69 Å². The largest absolute Gasteiger partial charge is 0.493 e. The number of thioether (sulfide) groups is 1. The summed E-state index contributed by atoms with van der Waals surface area (Å²) < 4.78 is 12.0. The highest BCUT2D eigenvalue weighted by atomic mass is 79.9. The van der Waals surface area contributed by atoms with Crippen LogP contribution in [0.3, 0.4) is 0 Å². The van der Waals surface area contributed by atoms with Crippen LogP contribution in [0.4, 0.5) is 10.5 Å². The van der Waals surface area contributed by atoms with E-state index >= 15 is 0 Å². The smallest absolute Gasteiger partial charge is 0.294 e. The van der Waals surface area contributed by atoms with E-state index in [1.807, 2.05) is 44.2 Å². The van der Waals surface area contributed by atoms with E-state index in [1.54, 1.807) is 30.3 Å². The van der Waals surface area contributed by atoms with Gasteiger partial charge in [0.1, 0.15) is 13.2 Å². The van der Waals surface area contributed by atoms with Crippen LogP contribution in [0, 0.1) is 25.2 Å². The van der Waals surface area contributed by atoms with E-state index in [0.29, 0.717) is 32.8 Å². The van der Waals surface area contributed by atoms with Gasteiger partial charge in [-0.25, -0.2) is 0 Å². The monoisotopic (exact) mass is 605 g/mol. The van der Waals surface area contributed by atoms with Gasteiger partial charge in [-0.2, -0.15) is 5.26 Å². The first kappa shape index (κ1) is 28.0. The van der Waals surface area contributed by atoms with Crippen molar-refractivity contribution in [2.75, 3.05) is 19.0 Å². The lowest BCUT2D eigenvalue weighted by Gasteiger charge is -2.15. The number of rotatable bonds is 8. The SMILES string of the molecule is COc1cc(/C=C2/SC(=O)N(CC(=O)Nc3c(C)cccc3C)C2=O)cc(Br)c1OCc1ccc(C#N)cc1. The molecule has 0 radical (unpaired) electrons. The minimum absolute atomic E-state index is 0.195. The lowest BCUT2D eigenvalue weighted by atomic mass is 10.1. The Labute approximate surface area is 238 Å². The van der Waals surface area contributed by atoms with Crippen LogP contribution in [0.2, 0.25) is 0 Å². The third-order valence-corrected chi connectivity index (χ3v) is 7.43. The first-order chi connectivity index (χ1) is 18.7. The Bertz CT molecular complexity index is 1510. The summed E-state index contributed by atoms with van der Waals surface area (Å²) >= 11 is 4.27. The molecule has 0 saturated carbocycles. The van der Waals surface area contributed by atoms with E-state index in [4.69, 9.17) is 14.7 Å². The minimum Gasteiger partial charge on any atom is -0.493 e. The second kappa shape index (κ2) is 12.2. The number of carbonyl (C=O) groups excluding carboxylic acids is 3. The number of nitrogens with zero attached hydrogens (tertiary/aromatic N) is 2. The normalized spacial score (nSPS) is 13.9. The number of ether oxygens (including phenoxy) is 2. The van der Waals surface area contributed by atoms with E-state index in [1.165, 1.54) is 7.11 Å². The van der Waals surface area contributed by atoms with Crippen molar-refractivity contribution in [2.24, 2.45) is 0 Å². The van der Waals surface area contributed by atoms with Crippen molar-refractivity contribution < 1.29 is 23.9 Å². The van der Waals surface area contributed by atoms with Gasteiger partial charge in [-0.1, -0.05) is 30.3 Å². The van der Waals surface area contributed by atoms with Crippen molar-refractivity contribution in [1.82, 2.24) is 4.90 Å². The lowest BCUT2D eigenvalue weighted by molar-refractivity contribution is -0.127. The molecule has 1 aliphatic rings. The second-order valence-corrected chi connectivity index (χ2v) is 10.6. The zero-order valence-corrected chi connectivity index (χ0v) is 23.8. The summed E-state index contributed by atoms with van der Waals surface area (Å²) in [6.07, 6.45) is 1.58. The van der Waals surface area contributed by atoms with Crippen molar-refractivity contribution in [3.8, 4) is 17.6 Å². The number of hydrogen-bond acceptors (Lipinski definition) is 7. The van der Waals surface area contributed by atoms with Crippen molar-refractivity contribution in [3.05, 3.63) is 91.8 Å². The molecular weight excluding hydrogens is 582 g/mol. The molecule has 3 aromatic rings. The van der Waals surface area contributed by atoms with Crippen LogP contribution in [0.1, 0.15) is 27.8 Å². The highest BCUT2D eigenvalue weighted by Crippen LogP contribution is 2.39. The third kappa shape index (κ3) is 6.50. The molecular formula is C29H24BrN3O5S. The molecule has 1 fully saturated rings. The predicted molar refractivity (Wildman–Crippen MR) is 153 cm³/mol. The summed E-state index contributed by atoms with van der Waals surface area (Å²) in [6.45, 7) is 3.62. The first-order valence-electron chi connectivity index (χ1n) is 11.8. The number of carbonyl (C=O) groups is 3. The van der Waals surface area contributed by atoms with E-state index in [2.05, 4.69) is 27.3 Å². The highest BCUT2D eigenvalue weighted by molar-refractivity contribution is 9.10. The van der Waals surface area contributed by atoms with Gasteiger partial charge < -0.3 is 14.8 Å². The number of imide groups is 1. The van der Waals surface area contributed by atoms with Crippen LogP contribution < -0.4 is 14.8 Å². The molecule has 0 bridgehead atoms. The number of anilines is 1. The molecule has 1 heterocycles. The maximum atomic E-state index is 13.0. The van der Waals surface area contributed by atoms with Gasteiger partial charge in [0.05, 0.1) is 28.1 Å². The molecule has 1 N–H and O–H groups in total. The van der Waals surface area contributed by atoms with Crippen molar-refractivity contribution >= 4 is 56.5 Å². The fourth-order valence-corrected chi connectivity index (χ4v) is 5.33. The second-order valence-electron chi connectivity index (χ2n) is 8.71. The Morgan fingerprint density at radius 1 is 1.13 bits per heavy atom. The average molecular weight is 606 g/mol.